The Morgan fingerprint density at radius 3 is 2.70 bits per heavy atom. The number of fused-ring (bicyclic) bond motifs is 1. The van der Waals surface area contributed by atoms with Crippen LogP contribution in [0, 0.1) is 0 Å². The van der Waals surface area contributed by atoms with Crippen LogP contribution >= 0.6 is 12.4 Å². The summed E-state index contributed by atoms with van der Waals surface area (Å²) in [5.41, 5.74) is 2.53. The van der Waals surface area contributed by atoms with E-state index in [9.17, 15) is 4.79 Å². The van der Waals surface area contributed by atoms with E-state index in [0.717, 1.165) is 12.8 Å². The zero-order valence-electron chi connectivity index (χ0n) is 11.7. The normalized spacial score (nSPS) is 9.85. The van der Waals surface area contributed by atoms with Crippen LogP contribution in [0.25, 0.3) is 10.8 Å². The largest absolute Gasteiger partial charge is 0.348 e. The van der Waals surface area contributed by atoms with Gasteiger partial charge in [-0.05, 0) is 34.4 Å². The predicted molar refractivity (Wildman–Crippen MR) is 87.2 cm³/mol. The van der Waals surface area contributed by atoms with Crippen LogP contribution in [0.5, 0.6) is 0 Å². The topological polar surface area (TPSA) is 29.1 Å². The monoisotopic (exact) mass is 289 g/mol. The molecule has 20 heavy (non-hydrogen) atoms. The van der Waals surface area contributed by atoms with E-state index < -0.39 is 0 Å². The molecule has 2 aromatic rings. The minimum Gasteiger partial charge on any atom is -0.348 e. The summed E-state index contributed by atoms with van der Waals surface area (Å²) in [6.45, 7) is 6.20. The quantitative estimate of drug-likeness (QED) is 0.828. The molecule has 0 aromatic heterocycles. The van der Waals surface area contributed by atoms with Gasteiger partial charge in [0.05, 0.1) is 0 Å². The standard InChI is InChI=1S/C17H19NO.ClH/c1-3-7-15-14(12-18-17(19)4-2)11-10-13-8-5-6-9-16(13)15;/h4-6,8-11H,2-3,7,12H2,1H3,(H,18,19);1H. The Kier molecular flexibility index (Phi) is 6.26. The molecule has 0 radical (unpaired) electrons. The number of hydrogen-bond acceptors (Lipinski definition) is 1. The van der Waals surface area contributed by atoms with Gasteiger partial charge in [0.25, 0.3) is 0 Å². The van der Waals surface area contributed by atoms with Crippen LogP contribution in [-0.4, -0.2) is 5.91 Å². The second-order valence-corrected chi connectivity index (χ2v) is 4.60. The summed E-state index contributed by atoms with van der Waals surface area (Å²) in [5.74, 6) is -0.129. The summed E-state index contributed by atoms with van der Waals surface area (Å²) in [7, 11) is 0. The highest BCUT2D eigenvalue weighted by atomic mass is 35.5. The molecule has 2 nitrogen and oxygen atoms in total. The summed E-state index contributed by atoms with van der Waals surface area (Å²) >= 11 is 0. The van der Waals surface area contributed by atoms with Crippen molar-refractivity contribution in [1.82, 2.24) is 5.32 Å². The highest BCUT2D eigenvalue weighted by Crippen LogP contribution is 2.24. The first kappa shape index (κ1) is 16.3. The molecule has 0 aliphatic heterocycles. The molecule has 2 aromatic carbocycles. The Bertz CT molecular complexity index is 607. The van der Waals surface area contributed by atoms with E-state index in [4.69, 9.17) is 0 Å². The van der Waals surface area contributed by atoms with Crippen molar-refractivity contribution in [2.24, 2.45) is 0 Å². The van der Waals surface area contributed by atoms with Crippen molar-refractivity contribution in [3.05, 3.63) is 60.2 Å². The summed E-state index contributed by atoms with van der Waals surface area (Å²) in [5, 5.41) is 5.40. The molecule has 1 amide bonds. The second-order valence-electron chi connectivity index (χ2n) is 4.60. The molecule has 1 N–H and O–H groups in total. The van der Waals surface area contributed by atoms with Gasteiger partial charge < -0.3 is 5.32 Å². The van der Waals surface area contributed by atoms with Crippen LogP contribution in [0.1, 0.15) is 24.5 Å². The summed E-state index contributed by atoms with van der Waals surface area (Å²) in [6.07, 6.45) is 3.43. The fourth-order valence-electron chi connectivity index (χ4n) is 2.35. The van der Waals surface area contributed by atoms with E-state index in [0.29, 0.717) is 6.54 Å². The predicted octanol–water partition coefficient (Wildman–Crippen LogP) is 4.02. The van der Waals surface area contributed by atoms with E-state index in [2.05, 4.69) is 55.2 Å². The van der Waals surface area contributed by atoms with E-state index in [-0.39, 0.29) is 18.3 Å². The van der Waals surface area contributed by atoms with Gasteiger partial charge in [0, 0.05) is 6.54 Å². The van der Waals surface area contributed by atoms with Crippen molar-refractivity contribution in [2.45, 2.75) is 26.3 Å². The molecule has 0 atom stereocenters. The molecule has 2 rings (SSSR count). The third kappa shape index (κ3) is 3.61. The zero-order valence-corrected chi connectivity index (χ0v) is 12.5. The Morgan fingerprint density at radius 2 is 2.00 bits per heavy atom. The number of rotatable bonds is 5. The Labute approximate surface area is 126 Å². The van der Waals surface area contributed by atoms with Gasteiger partial charge in [0.15, 0.2) is 0 Å². The molecule has 3 heteroatoms. The molecule has 0 aliphatic rings. The lowest BCUT2D eigenvalue weighted by atomic mass is 9.95. The van der Waals surface area contributed by atoms with E-state index in [1.807, 2.05) is 0 Å². The Morgan fingerprint density at radius 1 is 1.25 bits per heavy atom. The molecule has 0 saturated heterocycles. The van der Waals surface area contributed by atoms with Crippen molar-refractivity contribution in [3.63, 3.8) is 0 Å². The van der Waals surface area contributed by atoms with E-state index in [1.165, 1.54) is 28.0 Å². The minimum atomic E-state index is -0.129. The molecular weight excluding hydrogens is 270 g/mol. The summed E-state index contributed by atoms with van der Waals surface area (Å²) < 4.78 is 0. The van der Waals surface area contributed by atoms with Crippen molar-refractivity contribution in [3.8, 4) is 0 Å². The number of halogens is 1. The number of amides is 1. The Hall–Kier alpha value is -1.80. The van der Waals surface area contributed by atoms with Gasteiger partial charge in [0.1, 0.15) is 0 Å². The molecule has 0 spiro atoms. The maximum absolute atomic E-state index is 11.3. The van der Waals surface area contributed by atoms with E-state index in [1.54, 1.807) is 0 Å². The lowest BCUT2D eigenvalue weighted by molar-refractivity contribution is -0.116. The smallest absolute Gasteiger partial charge is 0.243 e. The fraction of sp³-hybridized carbons (Fsp3) is 0.235. The van der Waals surface area contributed by atoms with Crippen LogP contribution in [0.15, 0.2) is 49.1 Å². The zero-order chi connectivity index (χ0) is 13.7. The van der Waals surface area contributed by atoms with Gasteiger partial charge in [-0.25, -0.2) is 0 Å². The first-order valence-electron chi connectivity index (χ1n) is 6.66. The van der Waals surface area contributed by atoms with Crippen LogP contribution in [0.4, 0.5) is 0 Å². The maximum atomic E-state index is 11.3. The summed E-state index contributed by atoms with van der Waals surface area (Å²) in [6, 6.07) is 12.6. The van der Waals surface area contributed by atoms with Gasteiger partial charge in [-0.1, -0.05) is 56.3 Å². The third-order valence-electron chi connectivity index (χ3n) is 3.28. The molecule has 0 fully saturated rings. The van der Waals surface area contributed by atoms with Crippen LogP contribution in [0.3, 0.4) is 0 Å². The second kappa shape index (κ2) is 7.71. The lowest BCUT2D eigenvalue weighted by Gasteiger charge is -2.13. The number of hydrogen-bond donors (Lipinski definition) is 1. The highest BCUT2D eigenvalue weighted by molar-refractivity contribution is 5.88. The molecule has 0 saturated carbocycles. The minimum absolute atomic E-state index is 0. The van der Waals surface area contributed by atoms with Gasteiger partial charge in [-0.2, -0.15) is 0 Å². The van der Waals surface area contributed by atoms with Gasteiger partial charge in [0.2, 0.25) is 5.91 Å². The van der Waals surface area contributed by atoms with Crippen LogP contribution in [-0.2, 0) is 17.8 Å². The number of benzene rings is 2. The van der Waals surface area contributed by atoms with Crippen molar-refractivity contribution in [2.75, 3.05) is 0 Å². The van der Waals surface area contributed by atoms with Crippen molar-refractivity contribution in [1.29, 1.82) is 0 Å². The average molecular weight is 290 g/mol. The number of aryl methyl sites for hydroxylation is 1. The SMILES string of the molecule is C=CC(=O)NCc1ccc2ccccc2c1CCC.Cl. The molecular formula is C17H20ClNO. The molecule has 106 valence electrons. The van der Waals surface area contributed by atoms with Gasteiger partial charge in [-0.3, -0.25) is 4.79 Å². The lowest BCUT2D eigenvalue weighted by Crippen LogP contribution is -2.20. The Balaban J connectivity index is 0.00000200. The maximum Gasteiger partial charge on any atom is 0.243 e. The molecule has 0 aliphatic carbocycles. The molecule has 0 heterocycles. The average Bonchev–Trinajstić information content (AvgIpc) is 2.46. The highest BCUT2D eigenvalue weighted by Gasteiger charge is 2.07. The van der Waals surface area contributed by atoms with Gasteiger partial charge >= 0.3 is 0 Å². The number of carbonyl (C=O) groups is 1. The number of carbonyl (C=O) groups excluding carboxylic acids is 1. The van der Waals surface area contributed by atoms with Crippen LogP contribution < -0.4 is 5.32 Å². The van der Waals surface area contributed by atoms with Gasteiger partial charge in [-0.15, -0.1) is 12.4 Å². The van der Waals surface area contributed by atoms with Crippen LogP contribution in [0.2, 0.25) is 0 Å². The summed E-state index contributed by atoms with van der Waals surface area (Å²) in [4.78, 5) is 11.3. The van der Waals surface area contributed by atoms with Crippen molar-refractivity contribution >= 4 is 29.1 Å². The first-order valence-corrected chi connectivity index (χ1v) is 6.66. The third-order valence-corrected chi connectivity index (χ3v) is 3.28. The molecule has 0 bridgehead atoms. The van der Waals surface area contributed by atoms with E-state index >= 15 is 0 Å². The van der Waals surface area contributed by atoms with Crippen molar-refractivity contribution < 1.29 is 4.79 Å². The molecule has 0 unspecified atom stereocenters. The first-order chi connectivity index (χ1) is 9.26. The number of nitrogens with one attached hydrogen (secondary N) is 1. The fourth-order valence-corrected chi connectivity index (χ4v) is 2.35.